The van der Waals surface area contributed by atoms with Crippen LogP contribution in [0.5, 0.6) is 0 Å². The molecule has 0 saturated carbocycles. The van der Waals surface area contributed by atoms with Crippen LogP contribution in [0.25, 0.3) is 0 Å². The molecule has 226 valence electrons. The third-order valence-corrected chi connectivity index (χ3v) is 9.18. The molecule has 0 aromatic carbocycles. The summed E-state index contributed by atoms with van der Waals surface area (Å²) in [7, 11) is 0. The molecule has 0 amide bonds. The standard InChI is InChI=1S/C30H46ClN3S.4H2O/c1-22(2)30(21-34-17-15-25(16-18-34)24-11-13-27(31)14-12-24)32-20-23-7-6-8-26(19-23)28-9-4-5-10-29(28)33-35-3;;;;/h6,8,10-11,13-14,19,22-25,28,30,32-33H,4-5,7,9,12,15-18,20-21H2,1-3H3;4*1H2/t23?,24?,28?,30-;;;;/m0..../s1. The second-order valence-electron chi connectivity index (χ2n) is 11.3. The first kappa shape index (κ1) is 37.9. The van der Waals surface area contributed by atoms with Crippen molar-refractivity contribution >= 4 is 23.5 Å². The van der Waals surface area contributed by atoms with Gasteiger partial charge in [0.05, 0.1) is 0 Å². The lowest BCUT2D eigenvalue weighted by molar-refractivity contribution is 0.138. The Morgan fingerprint density at radius 1 is 1.03 bits per heavy atom. The third-order valence-electron chi connectivity index (χ3n) is 8.46. The van der Waals surface area contributed by atoms with Crippen LogP contribution >= 0.6 is 23.5 Å². The van der Waals surface area contributed by atoms with Gasteiger partial charge in [-0.25, -0.2) is 0 Å². The van der Waals surface area contributed by atoms with Crippen LogP contribution in [-0.2, 0) is 0 Å². The summed E-state index contributed by atoms with van der Waals surface area (Å²) in [5.41, 5.74) is 2.94. The molecule has 10 N–H and O–H groups in total. The van der Waals surface area contributed by atoms with Gasteiger partial charge < -0.3 is 36.8 Å². The molecule has 3 unspecified atom stereocenters. The summed E-state index contributed by atoms with van der Waals surface area (Å²) in [4.78, 5) is 2.71. The average molecular weight is 588 g/mol. The van der Waals surface area contributed by atoms with Crippen molar-refractivity contribution in [2.75, 3.05) is 32.4 Å². The SMILES string of the molecule is CSNC1=CCCCC1C1=CC(CN[C@@H](CN2CCC(C3C=CC(Cl)=CC3)CC2)C(C)C)CC=C1.O.O.O.O. The van der Waals surface area contributed by atoms with E-state index in [2.05, 4.69) is 77.6 Å². The summed E-state index contributed by atoms with van der Waals surface area (Å²) >= 11 is 7.85. The van der Waals surface area contributed by atoms with Crippen LogP contribution in [0.1, 0.15) is 58.8 Å². The summed E-state index contributed by atoms with van der Waals surface area (Å²) in [5.74, 6) is 3.28. The zero-order chi connectivity index (χ0) is 24.6. The predicted molar refractivity (Wildman–Crippen MR) is 169 cm³/mol. The van der Waals surface area contributed by atoms with Crippen LogP contribution in [0.4, 0.5) is 0 Å². The zero-order valence-electron chi connectivity index (χ0n) is 24.0. The lowest BCUT2D eigenvalue weighted by Crippen LogP contribution is -2.48. The zero-order valence-corrected chi connectivity index (χ0v) is 25.6. The van der Waals surface area contributed by atoms with Crippen molar-refractivity contribution in [3.8, 4) is 0 Å². The number of likely N-dealkylation sites (tertiary alicyclic amines) is 1. The Labute approximate surface area is 245 Å². The van der Waals surface area contributed by atoms with E-state index in [-0.39, 0.29) is 21.9 Å². The van der Waals surface area contributed by atoms with E-state index in [9.17, 15) is 0 Å². The van der Waals surface area contributed by atoms with Gasteiger partial charge in [-0.2, -0.15) is 0 Å². The summed E-state index contributed by atoms with van der Waals surface area (Å²) < 4.78 is 3.55. The van der Waals surface area contributed by atoms with Gasteiger partial charge >= 0.3 is 0 Å². The Morgan fingerprint density at radius 2 is 1.77 bits per heavy atom. The molecule has 0 aromatic rings. The first-order valence-electron chi connectivity index (χ1n) is 13.9. The van der Waals surface area contributed by atoms with Gasteiger partial charge in [0.25, 0.3) is 0 Å². The molecular weight excluding hydrogens is 534 g/mol. The Morgan fingerprint density at radius 3 is 2.41 bits per heavy atom. The van der Waals surface area contributed by atoms with Crippen molar-refractivity contribution < 1.29 is 21.9 Å². The molecule has 4 atom stereocenters. The quantitative estimate of drug-likeness (QED) is 0.373. The van der Waals surface area contributed by atoms with Gasteiger partial charge in [0, 0.05) is 42.0 Å². The van der Waals surface area contributed by atoms with E-state index in [4.69, 9.17) is 11.6 Å². The monoisotopic (exact) mass is 587 g/mol. The van der Waals surface area contributed by atoms with Gasteiger partial charge in [-0.05, 0) is 93.4 Å². The lowest BCUT2D eigenvalue weighted by atomic mass is 9.80. The minimum atomic E-state index is 0. The van der Waals surface area contributed by atoms with Crippen LogP contribution in [0.2, 0.25) is 0 Å². The Bertz CT molecular complexity index is 853. The number of hydrogen-bond donors (Lipinski definition) is 2. The van der Waals surface area contributed by atoms with Crippen LogP contribution < -0.4 is 10.0 Å². The van der Waals surface area contributed by atoms with Gasteiger partial charge in [-0.1, -0.05) is 73.9 Å². The number of hydrogen-bond acceptors (Lipinski definition) is 4. The van der Waals surface area contributed by atoms with Gasteiger partial charge in [-0.3, -0.25) is 0 Å². The van der Waals surface area contributed by atoms with Gasteiger partial charge in [-0.15, -0.1) is 0 Å². The van der Waals surface area contributed by atoms with E-state index in [1.807, 2.05) is 0 Å². The van der Waals surface area contributed by atoms with Gasteiger partial charge in [0.1, 0.15) is 0 Å². The number of allylic oxidation sites excluding steroid dienone is 8. The van der Waals surface area contributed by atoms with E-state index >= 15 is 0 Å². The van der Waals surface area contributed by atoms with Crippen molar-refractivity contribution in [3.05, 3.63) is 58.8 Å². The molecule has 0 aromatic heterocycles. The van der Waals surface area contributed by atoms with Crippen LogP contribution in [0.3, 0.4) is 0 Å². The minimum Gasteiger partial charge on any atom is -0.412 e. The number of rotatable bonds is 10. The fourth-order valence-electron chi connectivity index (χ4n) is 6.22. The molecular formula is C30H54ClN3O4S. The molecule has 1 heterocycles. The number of piperidine rings is 1. The summed E-state index contributed by atoms with van der Waals surface area (Å²) in [6.45, 7) is 9.46. The Hall–Kier alpha value is -1.10. The largest absolute Gasteiger partial charge is 0.412 e. The molecule has 0 bridgehead atoms. The highest BCUT2D eigenvalue weighted by atomic mass is 35.5. The first-order valence-corrected chi connectivity index (χ1v) is 15.5. The van der Waals surface area contributed by atoms with E-state index in [0.29, 0.717) is 29.7 Å². The molecule has 3 aliphatic carbocycles. The fourth-order valence-corrected chi connectivity index (χ4v) is 6.84. The maximum atomic E-state index is 6.13. The summed E-state index contributed by atoms with van der Waals surface area (Å²) in [6.07, 6.45) is 27.2. The van der Waals surface area contributed by atoms with Crippen molar-refractivity contribution in [2.45, 2.75) is 64.8 Å². The van der Waals surface area contributed by atoms with Crippen molar-refractivity contribution in [3.63, 3.8) is 0 Å². The van der Waals surface area contributed by atoms with E-state index < -0.39 is 0 Å². The summed E-state index contributed by atoms with van der Waals surface area (Å²) in [5, 5.41) is 4.90. The fraction of sp³-hybridized carbons (Fsp3) is 0.667. The maximum Gasteiger partial charge on any atom is 0.0363 e. The highest BCUT2D eigenvalue weighted by Crippen LogP contribution is 2.34. The third kappa shape index (κ3) is 11.0. The van der Waals surface area contributed by atoms with Crippen LogP contribution in [0.15, 0.2) is 58.8 Å². The topological polar surface area (TPSA) is 153 Å². The van der Waals surface area contributed by atoms with Crippen molar-refractivity contribution in [1.29, 1.82) is 0 Å². The molecule has 4 aliphatic rings. The minimum absolute atomic E-state index is 0. The number of nitrogens with one attached hydrogen (secondary N) is 2. The number of halogens is 1. The molecule has 9 heteroatoms. The normalized spacial score (nSPS) is 26.1. The first-order chi connectivity index (χ1) is 17.0. The average Bonchev–Trinajstić information content (AvgIpc) is 2.88. The van der Waals surface area contributed by atoms with Crippen LogP contribution in [-0.4, -0.2) is 65.3 Å². The Kier molecular flexibility index (Phi) is 18.6. The van der Waals surface area contributed by atoms with Gasteiger partial charge in [0.15, 0.2) is 0 Å². The molecule has 7 nitrogen and oxygen atoms in total. The highest BCUT2D eigenvalue weighted by Gasteiger charge is 2.28. The second-order valence-corrected chi connectivity index (χ2v) is 12.3. The molecule has 1 saturated heterocycles. The van der Waals surface area contributed by atoms with E-state index in [1.165, 1.54) is 63.0 Å². The molecule has 4 rings (SSSR count). The van der Waals surface area contributed by atoms with Crippen molar-refractivity contribution in [2.24, 2.45) is 29.6 Å². The summed E-state index contributed by atoms with van der Waals surface area (Å²) in [6, 6.07) is 0.550. The predicted octanol–water partition coefficient (Wildman–Crippen LogP) is 3.77. The Balaban J connectivity index is 0.00000361. The van der Waals surface area contributed by atoms with E-state index in [1.54, 1.807) is 11.9 Å². The molecule has 39 heavy (non-hydrogen) atoms. The molecule has 0 radical (unpaired) electrons. The van der Waals surface area contributed by atoms with Crippen LogP contribution in [0, 0.1) is 29.6 Å². The molecule has 1 aliphatic heterocycles. The van der Waals surface area contributed by atoms with E-state index in [0.717, 1.165) is 30.3 Å². The number of nitrogens with zero attached hydrogens (tertiary/aromatic N) is 1. The second kappa shape index (κ2) is 19.1. The molecule has 0 spiro atoms. The van der Waals surface area contributed by atoms with Gasteiger partial charge in [0.2, 0.25) is 0 Å². The van der Waals surface area contributed by atoms with Crippen molar-refractivity contribution in [1.82, 2.24) is 14.9 Å². The maximum absolute atomic E-state index is 6.13. The highest BCUT2D eigenvalue weighted by molar-refractivity contribution is 7.96. The smallest absolute Gasteiger partial charge is 0.0363 e. The molecule has 1 fully saturated rings. The lowest BCUT2D eigenvalue weighted by Gasteiger charge is -2.38.